The summed E-state index contributed by atoms with van der Waals surface area (Å²) in [5.41, 5.74) is 4.76. The minimum atomic E-state index is 0.498. The average Bonchev–Trinajstić information content (AvgIpc) is 3.21. The first-order chi connectivity index (χ1) is 13.6. The Balaban J connectivity index is 1.67. The maximum Gasteiger partial charge on any atom is 0.131 e. The second-order valence-corrected chi connectivity index (χ2v) is 8.82. The molecule has 4 nitrogen and oxygen atoms in total. The van der Waals surface area contributed by atoms with Crippen molar-refractivity contribution in [2.45, 2.75) is 57.4 Å². The van der Waals surface area contributed by atoms with Crippen molar-refractivity contribution < 1.29 is 0 Å². The molecule has 2 N–H and O–H groups in total. The Morgan fingerprint density at radius 3 is 2.79 bits per heavy atom. The van der Waals surface area contributed by atoms with Gasteiger partial charge in [-0.2, -0.15) is 0 Å². The third-order valence-electron chi connectivity index (χ3n) is 6.52. The van der Waals surface area contributed by atoms with Crippen LogP contribution in [0.4, 0.5) is 5.69 Å². The standard InChI is InChI=1S/C23H31ClN4/c1-3-27-12-11-21(26-18-6-4-5-7-18)20(15-27)23(25)28-13-10-16(2)19-9-8-17(24)14-22(19)28/h3,8-9,14,16,18,25-26H,1,4-7,10-13,15H2,2H3. The molecule has 0 spiro atoms. The summed E-state index contributed by atoms with van der Waals surface area (Å²) in [5, 5.41) is 13.7. The topological polar surface area (TPSA) is 42.4 Å². The molecule has 1 fully saturated rings. The van der Waals surface area contributed by atoms with Crippen LogP contribution in [0.25, 0.3) is 0 Å². The van der Waals surface area contributed by atoms with Gasteiger partial charge < -0.3 is 15.1 Å². The molecule has 1 aromatic rings. The van der Waals surface area contributed by atoms with Crippen molar-refractivity contribution in [3.8, 4) is 0 Å². The van der Waals surface area contributed by atoms with Crippen LogP contribution in [0.2, 0.25) is 5.02 Å². The van der Waals surface area contributed by atoms with Crippen LogP contribution in [0.3, 0.4) is 0 Å². The molecule has 1 aromatic carbocycles. The fraction of sp³-hybridized carbons (Fsp3) is 0.522. The second-order valence-electron chi connectivity index (χ2n) is 8.38. The molecular formula is C23H31ClN4. The van der Waals surface area contributed by atoms with Crippen molar-refractivity contribution in [1.29, 1.82) is 5.41 Å². The van der Waals surface area contributed by atoms with Crippen LogP contribution in [0, 0.1) is 5.41 Å². The molecular weight excluding hydrogens is 368 g/mol. The highest BCUT2D eigenvalue weighted by Crippen LogP contribution is 2.38. The van der Waals surface area contributed by atoms with Gasteiger partial charge in [0.15, 0.2) is 0 Å². The number of benzene rings is 1. The van der Waals surface area contributed by atoms with Crippen LogP contribution in [0.5, 0.6) is 0 Å². The van der Waals surface area contributed by atoms with E-state index in [1.807, 2.05) is 18.3 Å². The number of hydrogen-bond acceptors (Lipinski definition) is 3. The quantitative estimate of drug-likeness (QED) is 0.536. The number of anilines is 1. The van der Waals surface area contributed by atoms with E-state index in [0.717, 1.165) is 48.8 Å². The number of rotatable bonds is 4. The lowest BCUT2D eigenvalue weighted by molar-refractivity contribution is 0.381. The van der Waals surface area contributed by atoms with Gasteiger partial charge in [0.2, 0.25) is 0 Å². The zero-order chi connectivity index (χ0) is 19.7. The lowest BCUT2D eigenvalue weighted by Crippen LogP contribution is -2.43. The monoisotopic (exact) mass is 398 g/mol. The van der Waals surface area contributed by atoms with E-state index in [2.05, 4.69) is 34.7 Å². The molecule has 0 radical (unpaired) electrons. The smallest absolute Gasteiger partial charge is 0.131 e. The molecule has 2 aliphatic heterocycles. The third-order valence-corrected chi connectivity index (χ3v) is 6.76. The largest absolute Gasteiger partial charge is 0.385 e. The van der Waals surface area contributed by atoms with E-state index in [-0.39, 0.29) is 0 Å². The molecule has 0 bridgehead atoms. The molecule has 1 aliphatic carbocycles. The Labute approximate surface area is 173 Å². The van der Waals surface area contributed by atoms with Gasteiger partial charge in [-0.25, -0.2) is 0 Å². The molecule has 1 atom stereocenters. The molecule has 5 heteroatoms. The minimum Gasteiger partial charge on any atom is -0.385 e. The van der Waals surface area contributed by atoms with Crippen LogP contribution < -0.4 is 10.2 Å². The number of halogens is 1. The van der Waals surface area contributed by atoms with Gasteiger partial charge in [-0.05, 0) is 49.1 Å². The molecule has 150 valence electrons. The Bertz CT molecular complexity index is 794. The van der Waals surface area contributed by atoms with E-state index >= 15 is 0 Å². The first-order valence-electron chi connectivity index (χ1n) is 10.6. The van der Waals surface area contributed by atoms with Crippen LogP contribution in [0.15, 0.2) is 42.2 Å². The second kappa shape index (κ2) is 8.20. The normalized spacial score (nSPS) is 23.0. The predicted molar refractivity (Wildman–Crippen MR) is 118 cm³/mol. The van der Waals surface area contributed by atoms with Crippen LogP contribution in [-0.4, -0.2) is 36.4 Å². The van der Waals surface area contributed by atoms with E-state index in [9.17, 15) is 0 Å². The molecule has 1 unspecified atom stereocenters. The van der Waals surface area contributed by atoms with Gasteiger partial charge in [-0.3, -0.25) is 5.41 Å². The van der Waals surface area contributed by atoms with E-state index in [1.165, 1.54) is 36.9 Å². The SMILES string of the molecule is C=CN1CCC(NC2CCCC2)=C(C(=N)N2CCC(C)c3ccc(Cl)cc32)C1. The predicted octanol–water partition coefficient (Wildman–Crippen LogP) is 5.27. The molecule has 0 saturated heterocycles. The lowest BCUT2D eigenvalue weighted by atomic mass is 9.90. The van der Waals surface area contributed by atoms with Gasteiger partial charge in [-0.1, -0.05) is 44.0 Å². The minimum absolute atomic E-state index is 0.498. The fourth-order valence-corrected chi connectivity index (χ4v) is 4.96. The van der Waals surface area contributed by atoms with E-state index in [0.29, 0.717) is 17.8 Å². The van der Waals surface area contributed by atoms with Crippen molar-refractivity contribution in [2.75, 3.05) is 24.5 Å². The van der Waals surface area contributed by atoms with Crippen molar-refractivity contribution in [3.63, 3.8) is 0 Å². The van der Waals surface area contributed by atoms with Crippen LogP contribution in [-0.2, 0) is 0 Å². The number of fused-ring (bicyclic) bond motifs is 1. The van der Waals surface area contributed by atoms with Gasteiger partial charge in [-0.15, -0.1) is 0 Å². The number of nitrogens with zero attached hydrogens (tertiary/aromatic N) is 2. The summed E-state index contributed by atoms with van der Waals surface area (Å²) < 4.78 is 0. The van der Waals surface area contributed by atoms with E-state index in [1.54, 1.807) is 0 Å². The van der Waals surface area contributed by atoms with E-state index in [4.69, 9.17) is 17.0 Å². The molecule has 3 aliphatic rings. The fourth-order valence-electron chi connectivity index (χ4n) is 4.79. The summed E-state index contributed by atoms with van der Waals surface area (Å²) in [7, 11) is 0. The van der Waals surface area contributed by atoms with Crippen molar-refractivity contribution in [1.82, 2.24) is 10.2 Å². The summed E-state index contributed by atoms with van der Waals surface area (Å²) in [6.07, 6.45) is 9.03. The van der Waals surface area contributed by atoms with Gasteiger partial charge in [0, 0.05) is 54.1 Å². The molecule has 28 heavy (non-hydrogen) atoms. The Hall–Kier alpha value is -1.94. The van der Waals surface area contributed by atoms with Crippen molar-refractivity contribution in [2.24, 2.45) is 0 Å². The summed E-state index contributed by atoms with van der Waals surface area (Å²) in [6.45, 7) is 8.80. The highest BCUT2D eigenvalue weighted by molar-refractivity contribution is 6.31. The molecule has 1 saturated carbocycles. The molecule has 0 aromatic heterocycles. The highest BCUT2D eigenvalue weighted by atomic mass is 35.5. The lowest BCUT2D eigenvalue weighted by Gasteiger charge is -2.38. The summed E-state index contributed by atoms with van der Waals surface area (Å²) >= 11 is 6.32. The van der Waals surface area contributed by atoms with Crippen molar-refractivity contribution >= 4 is 23.1 Å². The van der Waals surface area contributed by atoms with Gasteiger partial charge >= 0.3 is 0 Å². The van der Waals surface area contributed by atoms with E-state index < -0.39 is 0 Å². The molecule has 2 heterocycles. The molecule has 4 rings (SSSR count). The van der Waals surface area contributed by atoms with Crippen LogP contribution in [0.1, 0.15) is 56.9 Å². The van der Waals surface area contributed by atoms with Crippen LogP contribution >= 0.6 is 11.6 Å². The first-order valence-corrected chi connectivity index (χ1v) is 11.0. The Morgan fingerprint density at radius 2 is 2.04 bits per heavy atom. The average molecular weight is 399 g/mol. The maximum atomic E-state index is 9.14. The zero-order valence-electron chi connectivity index (χ0n) is 16.8. The Morgan fingerprint density at radius 1 is 1.25 bits per heavy atom. The van der Waals surface area contributed by atoms with Gasteiger partial charge in [0.05, 0.1) is 0 Å². The number of hydrogen-bond donors (Lipinski definition) is 2. The van der Waals surface area contributed by atoms with Gasteiger partial charge in [0.1, 0.15) is 5.84 Å². The first kappa shape index (κ1) is 19.4. The number of amidine groups is 1. The zero-order valence-corrected chi connectivity index (χ0v) is 17.6. The third kappa shape index (κ3) is 3.80. The molecule has 0 amide bonds. The highest BCUT2D eigenvalue weighted by Gasteiger charge is 2.30. The summed E-state index contributed by atoms with van der Waals surface area (Å²) in [4.78, 5) is 4.38. The Kier molecular flexibility index (Phi) is 5.68. The summed E-state index contributed by atoms with van der Waals surface area (Å²) in [5.74, 6) is 1.11. The van der Waals surface area contributed by atoms with Crippen molar-refractivity contribution in [3.05, 3.63) is 52.8 Å². The maximum absolute atomic E-state index is 9.14. The summed E-state index contributed by atoms with van der Waals surface area (Å²) in [6, 6.07) is 6.69. The van der Waals surface area contributed by atoms with Gasteiger partial charge in [0.25, 0.3) is 0 Å². The number of nitrogens with one attached hydrogen (secondary N) is 2.